The Balaban J connectivity index is 1.68. The summed E-state index contributed by atoms with van der Waals surface area (Å²) in [7, 11) is 3.23. The van der Waals surface area contributed by atoms with Crippen molar-refractivity contribution in [3.05, 3.63) is 59.7 Å². The van der Waals surface area contributed by atoms with Crippen LogP contribution in [0.2, 0.25) is 0 Å². The molecule has 163 valence electrons. The number of nitrogens with one attached hydrogen (secondary N) is 1. The van der Waals surface area contributed by atoms with Gasteiger partial charge in [-0.05, 0) is 43.0 Å². The monoisotopic (exact) mass is 436 g/mol. The van der Waals surface area contributed by atoms with Crippen LogP contribution in [-0.4, -0.2) is 40.6 Å². The molecule has 6 heteroatoms. The Morgan fingerprint density at radius 3 is 1.97 bits per heavy atom. The largest absolute Gasteiger partial charge is 0.465 e. The first kappa shape index (κ1) is 23.2. The van der Waals surface area contributed by atoms with Crippen LogP contribution in [0.1, 0.15) is 58.1 Å². The van der Waals surface area contributed by atoms with Crippen LogP contribution in [0.3, 0.4) is 0 Å². The highest BCUT2D eigenvalue weighted by Gasteiger charge is 2.39. The van der Waals surface area contributed by atoms with E-state index in [0.717, 1.165) is 0 Å². The van der Waals surface area contributed by atoms with Crippen molar-refractivity contribution in [2.45, 2.75) is 58.6 Å². The number of carbonyl (C=O) groups excluding carboxylic acids is 2. The van der Waals surface area contributed by atoms with E-state index in [1.54, 1.807) is 0 Å². The predicted octanol–water partition coefficient (Wildman–Crippen LogP) is 4.14. The van der Waals surface area contributed by atoms with Gasteiger partial charge in [0.1, 0.15) is 28.7 Å². The van der Waals surface area contributed by atoms with Gasteiger partial charge in [-0.15, -0.1) is 0 Å². The lowest BCUT2D eigenvalue weighted by atomic mass is 9.81. The van der Waals surface area contributed by atoms with Crippen LogP contribution < -0.4 is 4.98 Å². The van der Waals surface area contributed by atoms with Crippen molar-refractivity contribution in [3.8, 4) is 11.1 Å². The van der Waals surface area contributed by atoms with Crippen LogP contribution in [0, 0.1) is 5.41 Å². The molecule has 3 radical (unpaired) electrons. The summed E-state index contributed by atoms with van der Waals surface area (Å²) in [5.74, 6) is -0.753. The van der Waals surface area contributed by atoms with Gasteiger partial charge in [-0.2, -0.15) is 0 Å². The number of hydrogen-bond donors (Lipinski definition) is 1. The van der Waals surface area contributed by atoms with E-state index in [-0.39, 0.29) is 24.9 Å². The summed E-state index contributed by atoms with van der Waals surface area (Å²) in [6, 6.07) is 15.7. The summed E-state index contributed by atoms with van der Waals surface area (Å²) < 4.78 is 11.2. The van der Waals surface area contributed by atoms with Gasteiger partial charge in [-0.25, -0.2) is 0 Å². The molecular weight excluding hydrogens is 406 g/mol. The van der Waals surface area contributed by atoms with Crippen molar-refractivity contribution < 1.29 is 19.1 Å². The van der Waals surface area contributed by atoms with E-state index >= 15 is 0 Å². The molecule has 0 fully saturated rings. The summed E-state index contributed by atoms with van der Waals surface area (Å²) >= 11 is 0. The van der Waals surface area contributed by atoms with Gasteiger partial charge in [0.15, 0.2) is 0 Å². The third kappa shape index (κ3) is 5.25. The maximum atomic E-state index is 12.7. The first-order chi connectivity index (χ1) is 14.5. The quantitative estimate of drug-likeness (QED) is 0.522. The molecule has 1 N–H and O–H groups in total. The maximum Gasteiger partial charge on any atom is 0.323 e. The molecule has 1 aliphatic rings. The van der Waals surface area contributed by atoms with Gasteiger partial charge in [0, 0.05) is 11.3 Å². The summed E-state index contributed by atoms with van der Waals surface area (Å²) in [5.41, 5.74) is 3.39. The minimum absolute atomic E-state index is 0.00930. The maximum absolute atomic E-state index is 12.7. The van der Waals surface area contributed by atoms with Crippen molar-refractivity contribution in [1.29, 1.82) is 0 Å². The molecule has 0 unspecified atom stereocenters. The molecule has 0 amide bonds. The summed E-state index contributed by atoms with van der Waals surface area (Å²) in [5, 5.41) is 0. The molecule has 0 aliphatic heterocycles. The van der Waals surface area contributed by atoms with E-state index in [4.69, 9.17) is 9.47 Å². The lowest BCUT2D eigenvalue weighted by molar-refractivity contribution is -0.161. The molecule has 0 heterocycles. The molecule has 1 aliphatic carbocycles. The number of fused-ring (bicyclic) bond motifs is 3. The average Bonchev–Trinajstić information content (AvgIpc) is 2.99. The summed E-state index contributed by atoms with van der Waals surface area (Å²) in [6.45, 7) is 9.39. The number of benzene rings is 2. The fourth-order valence-corrected chi connectivity index (χ4v) is 4.58. The lowest BCUT2D eigenvalue weighted by Crippen LogP contribution is -2.50. The van der Waals surface area contributed by atoms with Crippen LogP contribution >= 0.6 is 0 Å². The highest BCUT2D eigenvalue weighted by Crippen LogP contribution is 2.44. The van der Waals surface area contributed by atoms with E-state index in [1.807, 2.05) is 58.9 Å². The van der Waals surface area contributed by atoms with Gasteiger partial charge in [0.2, 0.25) is 0 Å². The van der Waals surface area contributed by atoms with Crippen LogP contribution in [0.4, 0.5) is 0 Å². The van der Waals surface area contributed by atoms with Gasteiger partial charge in [-0.1, -0.05) is 62.4 Å². The fourth-order valence-electron chi connectivity index (χ4n) is 4.07. The normalized spacial score (nSPS) is 14.5. The molecule has 2 aromatic rings. The van der Waals surface area contributed by atoms with Crippen LogP contribution in [-0.2, 0) is 19.1 Å². The second-order valence-electron chi connectivity index (χ2n) is 9.69. The first-order valence-electron chi connectivity index (χ1n) is 10.5. The van der Waals surface area contributed by atoms with Crippen molar-refractivity contribution in [3.63, 3.8) is 0 Å². The van der Waals surface area contributed by atoms with Crippen LogP contribution in [0.5, 0.6) is 0 Å². The average molecular weight is 437 g/mol. The third-order valence-electron chi connectivity index (χ3n) is 5.54. The molecule has 31 heavy (non-hydrogen) atoms. The Hall–Kier alpha value is -2.44. The number of esters is 2. The standard InChI is InChI=1S/C25H30NO4Si/c1-24(2,3)30-23(28)22(26-31)25(4,5)14-21(27)29-15-20-18-12-8-6-10-16(18)17-11-7-9-13-19(17)20/h6-13,20,22,26H,14-15H2,1-5H3/t22-/m1/s1. The molecular formula is C25H30NO4Si. The highest BCUT2D eigenvalue weighted by atomic mass is 28.2. The second-order valence-corrected chi connectivity index (χ2v) is 9.97. The molecule has 0 bridgehead atoms. The Morgan fingerprint density at radius 1 is 0.968 bits per heavy atom. The molecule has 0 saturated carbocycles. The number of rotatable bonds is 7. The molecule has 2 aromatic carbocycles. The van der Waals surface area contributed by atoms with Crippen molar-refractivity contribution in [2.75, 3.05) is 6.61 Å². The van der Waals surface area contributed by atoms with Gasteiger partial charge >= 0.3 is 11.9 Å². The van der Waals surface area contributed by atoms with E-state index < -0.39 is 23.0 Å². The minimum Gasteiger partial charge on any atom is -0.465 e. The van der Waals surface area contributed by atoms with E-state index in [9.17, 15) is 9.59 Å². The lowest BCUT2D eigenvalue weighted by Gasteiger charge is -2.34. The van der Waals surface area contributed by atoms with Crippen molar-refractivity contribution in [1.82, 2.24) is 4.98 Å². The molecule has 0 aromatic heterocycles. The number of carbonyl (C=O) groups is 2. The smallest absolute Gasteiger partial charge is 0.323 e. The Morgan fingerprint density at radius 2 is 1.48 bits per heavy atom. The van der Waals surface area contributed by atoms with E-state index in [0.29, 0.717) is 0 Å². The molecule has 0 spiro atoms. The fraction of sp³-hybridized carbons (Fsp3) is 0.440. The zero-order valence-corrected chi connectivity index (χ0v) is 19.8. The molecule has 5 nitrogen and oxygen atoms in total. The van der Waals surface area contributed by atoms with E-state index in [2.05, 4.69) is 39.7 Å². The molecule has 1 atom stereocenters. The molecule has 3 rings (SSSR count). The minimum atomic E-state index is -0.716. The first-order valence-corrected chi connectivity index (χ1v) is 11.0. The summed E-state index contributed by atoms with van der Waals surface area (Å²) in [4.78, 5) is 28.2. The van der Waals surface area contributed by atoms with Crippen LogP contribution in [0.25, 0.3) is 11.1 Å². The highest BCUT2D eigenvalue weighted by molar-refractivity contribution is 6.06. The Kier molecular flexibility index (Phi) is 6.72. The topological polar surface area (TPSA) is 64.6 Å². The third-order valence-corrected chi connectivity index (χ3v) is 5.83. The van der Waals surface area contributed by atoms with Crippen molar-refractivity contribution >= 4 is 22.3 Å². The number of ether oxygens (including phenoxy) is 2. The van der Waals surface area contributed by atoms with Gasteiger partial charge in [0.05, 0.1) is 6.42 Å². The summed E-state index contributed by atoms with van der Waals surface area (Å²) in [6.07, 6.45) is 0.0738. The Labute approximate surface area is 188 Å². The predicted molar refractivity (Wildman–Crippen MR) is 122 cm³/mol. The zero-order chi connectivity index (χ0) is 22.8. The van der Waals surface area contributed by atoms with Gasteiger partial charge in [0.25, 0.3) is 0 Å². The molecule has 0 saturated heterocycles. The Bertz CT molecular complexity index is 918. The van der Waals surface area contributed by atoms with Crippen molar-refractivity contribution in [2.24, 2.45) is 5.41 Å². The van der Waals surface area contributed by atoms with Gasteiger partial charge in [-0.3, -0.25) is 9.59 Å². The van der Waals surface area contributed by atoms with E-state index in [1.165, 1.54) is 22.3 Å². The number of hydrogen-bond acceptors (Lipinski definition) is 5. The van der Waals surface area contributed by atoms with Gasteiger partial charge < -0.3 is 14.5 Å². The second kappa shape index (κ2) is 8.97. The SMILES string of the molecule is CC(C)(C)OC(=O)[C@@H](N[Si])C(C)(C)CC(=O)OCC1c2ccccc2-c2ccccc21. The zero-order valence-electron chi connectivity index (χ0n) is 18.8. The van der Waals surface area contributed by atoms with Crippen LogP contribution in [0.15, 0.2) is 48.5 Å².